The average Bonchev–Trinajstić information content (AvgIpc) is 2.26. The summed E-state index contributed by atoms with van der Waals surface area (Å²) >= 11 is 13.1. The van der Waals surface area contributed by atoms with Gasteiger partial charge < -0.3 is 4.90 Å². The Morgan fingerprint density at radius 1 is 0.933 bits per heavy atom. The van der Waals surface area contributed by atoms with Gasteiger partial charge in [-0.1, -0.05) is 12.1 Å². The lowest BCUT2D eigenvalue weighted by molar-refractivity contribution is 1.08. The van der Waals surface area contributed by atoms with Crippen molar-refractivity contribution in [3.05, 3.63) is 28.8 Å². The van der Waals surface area contributed by atoms with E-state index in [1.807, 2.05) is 0 Å². The van der Waals surface area contributed by atoms with Gasteiger partial charge in [-0.2, -0.15) is 37.9 Å². The van der Waals surface area contributed by atoms with Crippen LogP contribution in [0.4, 0.5) is 5.69 Å². The van der Waals surface area contributed by atoms with Crippen molar-refractivity contribution in [1.29, 1.82) is 0 Å². The molecule has 0 saturated carbocycles. The molecule has 1 nitrogen and oxygen atoms in total. The summed E-state index contributed by atoms with van der Waals surface area (Å²) in [4.78, 5) is 2.13. The monoisotopic (exact) mass is 259 g/mol. The molecule has 0 heterocycles. The number of hydrogen-bond donors (Lipinski definition) is 3. The minimum absolute atomic E-state index is 0.741. The Balaban J connectivity index is 3.37. The number of anilines is 1. The van der Waals surface area contributed by atoms with Gasteiger partial charge in [0.1, 0.15) is 0 Å². The van der Waals surface area contributed by atoms with Crippen LogP contribution in [0.1, 0.15) is 16.7 Å². The molecular weight excluding hydrogens is 242 g/mol. The normalized spacial score (nSPS) is 10.5. The van der Waals surface area contributed by atoms with Crippen molar-refractivity contribution in [2.45, 2.75) is 17.3 Å². The third kappa shape index (κ3) is 2.80. The van der Waals surface area contributed by atoms with E-state index in [0.717, 1.165) is 17.3 Å². The molecule has 1 aromatic carbocycles. The zero-order valence-corrected chi connectivity index (χ0v) is 11.7. The third-order valence-electron chi connectivity index (χ3n) is 2.41. The van der Waals surface area contributed by atoms with Crippen LogP contribution in [0.5, 0.6) is 0 Å². The van der Waals surface area contributed by atoms with Crippen LogP contribution in [0.3, 0.4) is 0 Å². The lowest BCUT2D eigenvalue weighted by atomic mass is 10.0. The summed E-state index contributed by atoms with van der Waals surface area (Å²) in [6.45, 7) is 0. The van der Waals surface area contributed by atoms with Crippen molar-refractivity contribution < 1.29 is 0 Å². The molecule has 0 saturated heterocycles. The molecule has 0 radical (unpaired) electrons. The summed E-state index contributed by atoms with van der Waals surface area (Å²) in [5.41, 5.74) is 5.01. The van der Waals surface area contributed by atoms with Crippen LogP contribution in [0, 0.1) is 0 Å². The van der Waals surface area contributed by atoms with Gasteiger partial charge in [-0.05, 0) is 16.7 Å². The maximum absolute atomic E-state index is 4.40. The molecule has 0 spiro atoms. The Hall–Kier alpha value is 0.0700. The van der Waals surface area contributed by atoms with Gasteiger partial charge in [0.25, 0.3) is 0 Å². The van der Waals surface area contributed by atoms with Crippen LogP contribution in [0.2, 0.25) is 0 Å². The summed E-state index contributed by atoms with van der Waals surface area (Å²) in [6, 6.07) is 4.25. The Morgan fingerprint density at radius 2 is 1.47 bits per heavy atom. The highest BCUT2D eigenvalue weighted by Crippen LogP contribution is 2.30. The van der Waals surface area contributed by atoms with E-state index in [-0.39, 0.29) is 0 Å². The lowest BCUT2D eigenvalue weighted by Gasteiger charge is -2.22. The number of hydrogen-bond acceptors (Lipinski definition) is 4. The van der Waals surface area contributed by atoms with Crippen LogP contribution < -0.4 is 4.90 Å². The van der Waals surface area contributed by atoms with Gasteiger partial charge in [0.2, 0.25) is 0 Å². The molecule has 0 bridgehead atoms. The molecule has 0 aromatic heterocycles. The summed E-state index contributed by atoms with van der Waals surface area (Å²) in [5, 5.41) is 0. The van der Waals surface area contributed by atoms with Crippen LogP contribution in [-0.4, -0.2) is 14.1 Å². The zero-order valence-electron chi connectivity index (χ0n) is 9.06. The van der Waals surface area contributed by atoms with E-state index in [4.69, 9.17) is 0 Å². The van der Waals surface area contributed by atoms with Crippen molar-refractivity contribution in [2.24, 2.45) is 0 Å². The second kappa shape index (κ2) is 5.97. The standard InChI is InChI=1S/C11H17NS3/c1-12(2)11-9(6-14)4-3-8(5-13)10(11)7-15/h3-4,13-15H,5-7H2,1-2H3. The van der Waals surface area contributed by atoms with Crippen molar-refractivity contribution >= 4 is 43.6 Å². The predicted octanol–water partition coefficient (Wildman–Crippen LogP) is 3.04. The highest BCUT2D eigenvalue weighted by molar-refractivity contribution is 7.79. The van der Waals surface area contributed by atoms with E-state index in [0.29, 0.717) is 0 Å². The van der Waals surface area contributed by atoms with E-state index < -0.39 is 0 Å². The quantitative estimate of drug-likeness (QED) is 0.701. The van der Waals surface area contributed by atoms with Crippen molar-refractivity contribution in [3.8, 4) is 0 Å². The fraction of sp³-hybridized carbons (Fsp3) is 0.455. The second-order valence-electron chi connectivity index (χ2n) is 3.58. The van der Waals surface area contributed by atoms with Crippen LogP contribution in [0.25, 0.3) is 0 Å². The number of rotatable bonds is 4. The van der Waals surface area contributed by atoms with E-state index in [1.54, 1.807) is 0 Å². The first-order chi connectivity index (χ1) is 7.15. The SMILES string of the molecule is CN(C)c1c(CS)ccc(CS)c1CS. The fourth-order valence-corrected chi connectivity index (χ4v) is 2.64. The number of thiol groups is 3. The Kier molecular flexibility index (Phi) is 5.23. The van der Waals surface area contributed by atoms with Gasteiger partial charge in [-0.25, -0.2) is 0 Å². The predicted molar refractivity (Wildman–Crippen MR) is 78.8 cm³/mol. The molecule has 1 aromatic rings. The maximum Gasteiger partial charge on any atom is 0.0445 e. The highest BCUT2D eigenvalue weighted by atomic mass is 32.1. The molecule has 0 unspecified atom stereocenters. The molecule has 0 aliphatic carbocycles. The summed E-state index contributed by atoms with van der Waals surface area (Å²) in [6.07, 6.45) is 0. The molecule has 4 heteroatoms. The molecule has 0 amide bonds. The topological polar surface area (TPSA) is 3.24 Å². The Labute approximate surface area is 108 Å². The van der Waals surface area contributed by atoms with Gasteiger partial charge in [-0.3, -0.25) is 0 Å². The number of nitrogens with zero attached hydrogens (tertiary/aromatic N) is 1. The highest BCUT2D eigenvalue weighted by Gasteiger charge is 2.12. The van der Waals surface area contributed by atoms with E-state index >= 15 is 0 Å². The summed E-state index contributed by atoms with van der Waals surface area (Å²) < 4.78 is 0. The fourth-order valence-electron chi connectivity index (χ4n) is 1.74. The molecular formula is C11H17NS3. The lowest BCUT2D eigenvalue weighted by Crippen LogP contribution is -2.14. The van der Waals surface area contributed by atoms with Crippen LogP contribution in [0.15, 0.2) is 12.1 Å². The third-order valence-corrected chi connectivity index (χ3v) is 3.41. The first-order valence-corrected chi connectivity index (χ1v) is 6.69. The summed E-state index contributed by atoms with van der Waals surface area (Å²) in [7, 11) is 4.11. The molecule has 84 valence electrons. The molecule has 0 aliphatic heterocycles. The zero-order chi connectivity index (χ0) is 11.4. The van der Waals surface area contributed by atoms with Gasteiger partial charge in [-0.15, -0.1) is 0 Å². The van der Waals surface area contributed by atoms with E-state index in [1.165, 1.54) is 22.4 Å². The van der Waals surface area contributed by atoms with Gasteiger partial charge >= 0.3 is 0 Å². The first kappa shape index (κ1) is 13.1. The van der Waals surface area contributed by atoms with E-state index in [9.17, 15) is 0 Å². The van der Waals surface area contributed by atoms with Crippen molar-refractivity contribution in [3.63, 3.8) is 0 Å². The average molecular weight is 259 g/mol. The van der Waals surface area contributed by atoms with Crippen LogP contribution >= 0.6 is 37.9 Å². The Morgan fingerprint density at radius 3 is 1.87 bits per heavy atom. The van der Waals surface area contributed by atoms with Crippen LogP contribution in [-0.2, 0) is 17.3 Å². The molecule has 0 fully saturated rings. The molecule has 15 heavy (non-hydrogen) atoms. The van der Waals surface area contributed by atoms with Gasteiger partial charge in [0, 0.05) is 37.0 Å². The second-order valence-corrected chi connectivity index (χ2v) is 4.53. The molecule has 0 N–H and O–H groups in total. The Bertz CT molecular complexity index is 337. The van der Waals surface area contributed by atoms with Crippen molar-refractivity contribution in [1.82, 2.24) is 0 Å². The maximum atomic E-state index is 4.40. The number of benzene rings is 1. The van der Waals surface area contributed by atoms with E-state index in [2.05, 4.69) is 69.0 Å². The van der Waals surface area contributed by atoms with Gasteiger partial charge in [0.15, 0.2) is 0 Å². The minimum atomic E-state index is 0.741. The molecule has 0 aliphatic rings. The molecule has 0 atom stereocenters. The summed E-state index contributed by atoms with van der Waals surface area (Å²) in [5.74, 6) is 2.25. The minimum Gasteiger partial charge on any atom is -0.377 e. The smallest absolute Gasteiger partial charge is 0.0445 e. The largest absolute Gasteiger partial charge is 0.377 e. The first-order valence-electron chi connectivity index (χ1n) is 4.79. The van der Waals surface area contributed by atoms with Crippen molar-refractivity contribution in [2.75, 3.05) is 19.0 Å². The van der Waals surface area contributed by atoms with Gasteiger partial charge in [0.05, 0.1) is 0 Å². The molecule has 1 rings (SSSR count).